The van der Waals surface area contributed by atoms with Gasteiger partial charge in [-0.2, -0.15) is 0 Å². The number of nitrogens with two attached hydrogens (primary N) is 1. The minimum atomic E-state index is -0.265. The highest BCUT2D eigenvalue weighted by Gasteiger charge is 2.61. The van der Waals surface area contributed by atoms with Crippen LogP contribution in [0.3, 0.4) is 0 Å². The summed E-state index contributed by atoms with van der Waals surface area (Å²) in [4.78, 5) is 0. The SMILES string of the molecule is COc1ccc2ccccc2c1C1(N)CC1(C)C. The van der Waals surface area contributed by atoms with Gasteiger partial charge in [-0.3, -0.25) is 0 Å². The van der Waals surface area contributed by atoms with Crippen LogP contribution >= 0.6 is 0 Å². The van der Waals surface area contributed by atoms with Crippen LogP contribution in [0.1, 0.15) is 25.8 Å². The van der Waals surface area contributed by atoms with E-state index in [9.17, 15) is 0 Å². The molecule has 0 heterocycles. The second-order valence-corrected chi connectivity index (χ2v) is 5.90. The van der Waals surface area contributed by atoms with Crippen molar-refractivity contribution in [3.05, 3.63) is 42.0 Å². The third kappa shape index (κ3) is 1.39. The average Bonchev–Trinajstić information content (AvgIpc) is 2.87. The maximum atomic E-state index is 6.61. The lowest BCUT2D eigenvalue weighted by Gasteiger charge is -2.21. The van der Waals surface area contributed by atoms with Crippen LogP contribution in [-0.4, -0.2) is 7.11 Å². The van der Waals surface area contributed by atoms with E-state index in [2.05, 4.69) is 44.2 Å². The van der Waals surface area contributed by atoms with Gasteiger partial charge in [0, 0.05) is 5.56 Å². The summed E-state index contributed by atoms with van der Waals surface area (Å²) >= 11 is 0. The van der Waals surface area contributed by atoms with Gasteiger partial charge < -0.3 is 10.5 Å². The Balaban J connectivity index is 2.32. The molecule has 2 aromatic carbocycles. The van der Waals surface area contributed by atoms with Gasteiger partial charge in [0.1, 0.15) is 5.75 Å². The molecule has 3 rings (SSSR count). The Morgan fingerprint density at radius 3 is 2.39 bits per heavy atom. The highest BCUT2D eigenvalue weighted by atomic mass is 16.5. The Kier molecular flexibility index (Phi) is 2.23. The van der Waals surface area contributed by atoms with E-state index in [0.29, 0.717) is 0 Å². The van der Waals surface area contributed by atoms with Crippen molar-refractivity contribution in [1.29, 1.82) is 0 Å². The molecular weight excluding hydrogens is 222 g/mol. The van der Waals surface area contributed by atoms with E-state index in [0.717, 1.165) is 17.7 Å². The Labute approximate surface area is 108 Å². The molecule has 94 valence electrons. The number of ether oxygens (including phenoxy) is 1. The zero-order valence-electron chi connectivity index (χ0n) is 11.2. The van der Waals surface area contributed by atoms with Crippen LogP contribution < -0.4 is 10.5 Å². The lowest BCUT2D eigenvalue weighted by Crippen LogP contribution is -2.26. The zero-order valence-corrected chi connectivity index (χ0v) is 11.2. The monoisotopic (exact) mass is 241 g/mol. The molecule has 0 spiro atoms. The largest absolute Gasteiger partial charge is 0.496 e. The quantitative estimate of drug-likeness (QED) is 0.874. The van der Waals surface area contributed by atoms with Gasteiger partial charge in [-0.15, -0.1) is 0 Å². The van der Waals surface area contributed by atoms with Gasteiger partial charge in [0.05, 0.1) is 12.6 Å². The first-order chi connectivity index (χ1) is 8.49. The summed E-state index contributed by atoms with van der Waals surface area (Å²) in [6.45, 7) is 4.43. The van der Waals surface area contributed by atoms with Gasteiger partial charge in [0.25, 0.3) is 0 Å². The second-order valence-electron chi connectivity index (χ2n) is 5.90. The Morgan fingerprint density at radius 2 is 1.78 bits per heavy atom. The molecule has 0 bridgehead atoms. The Hall–Kier alpha value is -1.54. The molecule has 0 amide bonds. The molecule has 18 heavy (non-hydrogen) atoms. The van der Waals surface area contributed by atoms with Crippen LogP contribution in [0.4, 0.5) is 0 Å². The van der Waals surface area contributed by atoms with Crippen molar-refractivity contribution in [3.63, 3.8) is 0 Å². The third-order valence-electron chi connectivity index (χ3n) is 4.36. The van der Waals surface area contributed by atoms with Gasteiger partial charge >= 0.3 is 0 Å². The molecule has 1 atom stereocenters. The van der Waals surface area contributed by atoms with Crippen molar-refractivity contribution in [2.75, 3.05) is 7.11 Å². The van der Waals surface area contributed by atoms with Crippen molar-refractivity contribution in [2.45, 2.75) is 25.8 Å². The van der Waals surface area contributed by atoms with E-state index in [1.165, 1.54) is 10.8 Å². The fourth-order valence-corrected chi connectivity index (χ4v) is 2.96. The summed E-state index contributed by atoms with van der Waals surface area (Å²) in [5.74, 6) is 0.904. The summed E-state index contributed by atoms with van der Waals surface area (Å²) in [5, 5.41) is 2.44. The van der Waals surface area contributed by atoms with E-state index in [1.54, 1.807) is 7.11 Å². The smallest absolute Gasteiger partial charge is 0.124 e. The fraction of sp³-hybridized carbons (Fsp3) is 0.375. The predicted molar refractivity (Wildman–Crippen MR) is 74.8 cm³/mol. The number of methoxy groups -OCH3 is 1. The van der Waals surface area contributed by atoms with E-state index < -0.39 is 0 Å². The lowest BCUT2D eigenvalue weighted by molar-refractivity contribution is 0.397. The summed E-state index contributed by atoms with van der Waals surface area (Å²) < 4.78 is 5.53. The van der Waals surface area contributed by atoms with Gasteiger partial charge in [0.15, 0.2) is 0 Å². The average molecular weight is 241 g/mol. The molecular formula is C16H19NO. The number of hydrogen-bond donors (Lipinski definition) is 1. The molecule has 0 saturated heterocycles. The molecule has 1 unspecified atom stereocenters. The highest BCUT2D eigenvalue weighted by molar-refractivity contribution is 5.89. The number of fused-ring (bicyclic) bond motifs is 1. The summed E-state index contributed by atoms with van der Waals surface area (Å²) in [6, 6.07) is 12.5. The molecule has 1 aliphatic rings. The molecule has 1 saturated carbocycles. The molecule has 2 N–H and O–H groups in total. The van der Waals surface area contributed by atoms with Crippen molar-refractivity contribution in [2.24, 2.45) is 11.1 Å². The summed E-state index contributed by atoms with van der Waals surface area (Å²) in [7, 11) is 1.71. The fourth-order valence-electron chi connectivity index (χ4n) is 2.96. The Bertz CT molecular complexity index is 618. The number of benzene rings is 2. The number of hydrogen-bond acceptors (Lipinski definition) is 2. The van der Waals surface area contributed by atoms with Crippen LogP contribution in [0.2, 0.25) is 0 Å². The van der Waals surface area contributed by atoms with Crippen LogP contribution in [0.15, 0.2) is 36.4 Å². The van der Waals surface area contributed by atoms with Crippen molar-refractivity contribution in [3.8, 4) is 5.75 Å². The van der Waals surface area contributed by atoms with Crippen molar-refractivity contribution >= 4 is 10.8 Å². The first kappa shape index (κ1) is 11.5. The molecule has 2 heteroatoms. The van der Waals surface area contributed by atoms with E-state index in [1.807, 2.05) is 6.07 Å². The first-order valence-electron chi connectivity index (χ1n) is 6.35. The van der Waals surface area contributed by atoms with Crippen LogP contribution in [-0.2, 0) is 5.54 Å². The second kappa shape index (κ2) is 3.48. The molecule has 2 aromatic rings. The maximum absolute atomic E-state index is 6.61. The maximum Gasteiger partial charge on any atom is 0.124 e. The topological polar surface area (TPSA) is 35.2 Å². The predicted octanol–water partition coefficient (Wildman–Crippen LogP) is 3.43. The normalized spacial score (nSPS) is 25.1. The van der Waals surface area contributed by atoms with E-state index >= 15 is 0 Å². The summed E-state index contributed by atoms with van der Waals surface area (Å²) in [5.41, 5.74) is 7.65. The van der Waals surface area contributed by atoms with Gasteiger partial charge in [-0.1, -0.05) is 44.2 Å². The molecule has 0 aliphatic heterocycles. The molecule has 0 radical (unpaired) electrons. The summed E-state index contributed by atoms with van der Waals surface area (Å²) in [6.07, 6.45) is 1.00. The lowest BCUT2D eigenvalue weighted by atomic mass is 9.91. The Morgan fingerprint density at radius 1 is 1.11 bits per heavy atom. The standard InChI is InChI=1S/C16H19NO/c1-15(2)10-16(15,17)14-12-7-5-4-6-11(12)8-9-13(14)18-3/h4-9H,10,17H2,1-3H3. The molecule has 2 nitrogen and oxygen atoms in total. The highest BCUT2D eigenvalue weighted by Crippen LogP contribution is 2.63. The molecule has 1 fully saturated rings. The van der Waals surface area contributed by atoms with Gasteiger partial charge in [-0.25, -0.2) is 0 Å². The van der Waals surface area contributed by atoms with Crippen LogP contribution in [0.25, 0.3) is 10.8 Å². The minimum Gasteiger partial charge on any atom is -0.496 e. The van der Waals surface area contributed by atoms with E-state index in [4.69, 9.17) is 10.5 Å². The minimum absolute atomic E-state index is 0.143. The van der Waals surface area contributed by atoms with Gasteiger partial charge in [-0.05, 0) is 28.7 Å². The van der Waals surface area contributed by atoms with E-state index in [-0.39, 0.29) is 11.0 Å². The third-order valence-corrected chi connectivity index (χ3v) is 4.36. The van der Waals surface area contributed by atoms with Crippen molar-refractivity contribution in [1.82, 2.24) is 0 Å². The van der Waals surface area contributed by atoms with Gasteiger partial charge in [0.2, 0.25) is 0 Å². The number of rotatable bonds is 2. The van der Waals surface area contributed by atoms with Crippen molar-refractivity contribution < 1.29 is 4.74 Å². The molecule has 1 aliphatic carbocycles. The zero-order chi connectivity index (χ0) is 13.0. The van der Waals surface area contributed by atoms with Crippen LogP contribution in [0.5, 0.6) is 5.75 Å². The first-order valence-corrected chi connectivity index (χ1v) is 6.35. The molecule has 0 aromatic heterocycles. The van der Waals surface area contributed by atoms with Crippen LogP contribution in [0, 0.1) is 5.41 Å².